The number of hydrogen-bond donors (Lipinski definition) is 1. The van der Waals surface area contributed by atoms with Crippen LogP contribution in [0.4, 0.5) is 5.82 Å². The zero-order valence-electron chi connectivity index (χ0n) is 12.4. The molecular weight excluding hydrogens is 226 g/mol. The summed E-state index contributed by atoms with van der Waals surface area (Å²) in [5.41, 5.74) is 6.33. The Hall–Kier alpha value is -1.16. The first kappa shape index (κ1) is 14.9. The molecule has 1 unspecified atom stereocenters. The van der Waals surface area contributed by atoms with Crippen LogP contribution >= 0.6 is 0 Å². The quantitative estimate of drug-likeness (QED) is 0.893. The summed E-state index contributed by atoms with van der Waals surface area (Å²) in [5.74, 6) is 1.18. The third-order valence-corrected chi connectivity index (χ3v) is 3.12. The Morgan fingerprint density at radius 2 is 1.78 bits per heavy atom. The lowest BCUT2D eigenvalue weighted by atomic mass is 9.91. The number of nitrogens with two attached hydrogens (primary N) is 1. The molecule has 0 saturated heterocycles. The van der Waals surface area contributed by atoms with E-state index >= 15 is 0 Å². The largest absolute Gasteiger partial charge is 0.384 e. The highest BCUT2D eigenvalue weighted by molar-refractivity contribution is 5.33. The summed E-state index contributed by atoms with van der Waals surface area (Å²) in [4.78, 5) is 9.00. The first-order valence-electron chi connectivity index (χ1n) is 6.52. The fraction of sp³-hybridized carbons (Fsp3) is 0.714. The second kappa shape index (κ2) is 5.22. The molecule has 0 fully saturated rings. The minimum Gasteiger partial charge on any atom is -0.384 e. The van der Waals surface area contributed by atoms with Crippen LogP contribution in [0.1, 0.15) is 59.5 Å². The second-order valence-electron chi connectivity index (χ2n) is 5.77. The van der Waals surface area contributed by atoms with Gasteiger partial charge in [-0.05, 0) is 20.3 Å². The van der Waals surface area contributed by atoms with E-state index < -0.39 is 5.60 Å². The molecule has 0 radical (unpaired) electrons. The monoisotopic (exact) mass is 251 g/mol. The molecule has 1 aromatic heterocycles. The van der Waals surface area contributed by atoms with Crippen molar-refractivity contribution in [2.45, 2.75) is 59.0 Å². The number of ether oxygens (including phenoxy) is 1. The van der Waals surface area contributed by atoms with Gasteiger partial charge in [0.15, 0.2) is 5.82 Å². The molecule has 0 aliphatic rings. The first-order valence-corrected chi connectivity index (χ1v) is 6.52. The number of aromatic nitrogens is 2. The van der Waals surface area contributed by atoms with Gasteiger partial charge in [0.2, 0.25) is 0 Å². The van der Waals surface area contributed by atoms with Crippen molar-refractivity contribution in [3.8, 4) is 0 Å². The number of anilines is 1. The molecule has 18 heavy (non-hydrogen) atoms. The molecule has 1 heterocycles. The van der Waals surface area contributed by atoms with Crippen LogP contribution in [-0.4, -0.2) is 16.6 Å². The predicted molar refractivity (Wildman–Crippen MR) is 74.4 cm³/mol. The Morgan fingerprint density at radius 1 is 1.17 bits per heavy atom. The Balaban J connectivity index is 3.28. The van der Waals surface area contributed by atoms with Crippen molar-refractivity contribution in [3.63, 3.8) is 0 Å². The molecule has 4 heteroatoms. The highest BCUT2D eigenvalue weighted by Crippen LogP contribution is 2.29. The maximum atomic E-state index is 5.90. The second-order valence-corrected chi connectivity index (χ2v) is 5.77. The highest BCUT2D eigenvalue weighted by atomic mass is 16.5. The molecule has 0 aliphatic heterocycles. The van der Waals surface area contributed by atoms with Crippen LogP contribution in [0.3, 0.4) is 0 Å². The van der Waals surface area contributed by atoms with E-state index in [-0.39, 0.29) is 5.41 Å². The van der Waals surface area contributed by atoms with Gasteiger partial charge in [0.05, 0.1) is 5.69 Å². The lowest BCUT2D eigenvalue weighted by Gasteiger charge is -2.28. The number of rotatable bonds is 4. The summed E-state index contributed by atoms with van der Waals surface area (Å²) < 4.78 is 5.81. The molecule has 2 N–H and O–H groups in total. The molecule has 0 spiro atoms. The molecule has 0 bridgehead atoms. The molecule has 0 aliphatic carbocycles. The summed E-state index contributed by atoms with van der Waals surface area (Å²) in [7, 11) is 0. The van der Waals surface area contributed by atoms with Gasteiger partial charge in [-0.25, -0.2) is 9.97 Å². The molecule has 1 atom stereocenters. The summed E-state index contributed by atoms with van der Waals surface area (Å²) in [6, 6.07) is 1.84. The van der Waals surface area contributed by atoms with E-state index in [4.69, 9.17) is 10.5 Å². The van der Waals surface area contributed by atoms with Gasteiger partial charge >= 0.3 is 0 Å². The number of nitrogen functional groups attached to an aromatic ring is 1. The van der Waals surface area contributed by atoms with Crippen molar-refractivity contribution in [2.75, 3.05) is 12.3 Å². The molecule has 4 nitrogen and oxygen atoms in total. The van der Waals surface area contributed by atoms with E-state index in [2.05, 4.69) is 37.7 Å². The van der Waals surface area contributed by atoms with Crippen LogP contribution in [0.5, 0.6) is 0 Å². The van der Waals surface area contributed by atoms with E-state index in [1.54, 1.807) is 0 Å². The van der Waals surface area contributed by atoms with E-state index in [1.807, 2.05) is 19.9 Å². The van der Waals surface area contributed by atoms with Gasteiger partial charge in [-0.1, -0.05) is 27.7 Å². The van der Waals surface area contributed by atoms with Crippen molar-refractivity contribution >= 4 is 5.82 Å². The standard InChI is InChI=1S/C14H25N3O/c1-7-14(6,18-8-2)12-16-10(13(3,4)5)9-11(15)17-12/h9H,7-8H2,1-6H3,(H2,15,16,17). The number of nitrogens with zero attached hydrogens (tertiary/aromatic N) is 2. The fourth-order valence-corrected chi connectivity index (χ4v) is 1.73. The Kier molecular flexibility index (Phi) is 4.32. The Morgan fingerprint density at radius 3 is 2.22 bits per heavy atom. The first-order chi connectivity index (χ1) is 8.23. The maximum absolute atomic E-state index is 5.90. The van der Waals surface area contributed by atoms with E-state index in [0.29, 0.717) is 18.2 Å². The Bertz CT molecular complexity index is 412. The minimum atomic E-state index is -0.468. The SMILES string of the molecule is CCOC(C)(CC)c1nc(N)cc(C(C)(C)C)n1. The third kappa shape index (κ3) is 3.19. The summed E-state index contributed by atoms with van der Waals surface area (Å²) >= 11 is 0. The average Bonchev–Trinajstić information content (AvgIpc) is 2.27. The van der Waals surface area contributed by atoms with Crippen LogP contribution in [0.25, 0.3) is 0 Å². The van der Waals surface area contributed by atoms with Gasteiger partial charge in [-0.3, -0.25) is 0 Å². The molecule has 0 saturated carbocycles. The van der Waals surface area contributed by atoms with Crippen molar-refractivity contribution in [1.82, 2.24) is 9.97 Å². The summed E-state index contributed by atoms with van der Waals surface area (Å²) in [6.07, 6.45) is 0.813. The molecule has 1 rings (SSSR count). The van der Waals surface area contributed by atoms with Crippen LogP contribution in [-0.2, 0) is 15.8 Å². The normalized spacial score (nSPS) is 15.4. The van der Waals surface area contributed by atoms with Gasteiger partial charge in [-0.15, -0.1) is 0 Å². The summed E-state index contributed by atoms with van der Waals surface area (Å²) in [5, 5.41) is 0. The van der Waals surface area contributed by atoms with Crippen LogP contribution in [0, 0.1) is 0 Å². The van der Waals surface area contributed by atoms with Gasteiger partial charge in [-0.2, -0.15) is 0 Å². The Labute approximate surface area is 110 Å². The van der Waals surface area contributed by atoms with Crippen molar-refractivity contribution in [3.05, 3.63) is 17.6 Å². The van der Waals surface area contributed by atoms with Gasteiger partial charge in [0, 0.05) is 18.1 Å². The predicted octanol–water partition coefficient (Wildman–Crippen LogP) is 3.02. The minimum absolute atomic E-state index is 0.0489. The van der Waals surface area contributed by atoms with Gasteiger partial charge in [0.25, 0.3) is 0 Å². The van der Waals surface area contributed by atoms with E-state index in [9.17, 15) is 0 Å². The fourth-order valence-electron chi connectivity index (χ4n) is 1.73. The van der Waals surface area contributed by atoms with Crippen molar-refractivity contribution in [2.24, 2.45) is 0 Å². The summed E-state index contributed by atoms with van der Waals surface area (Å²) in [6.45, 7) is 13.0. The number of hydrogen-bond acceptors (Lipinski definition) is 4. The zero-order valence-corrected chi connectivity index (χ0v) is 12.4. The van der Waals surface area contributed by atoms with Gasteiger partial charge in [0.1, 0.15) is 11.4 Å². The lowest BCUT2D eigenvalue weighted by Crippen LogP contribution is -2.30. The maximum Gasteiger partial charge on any atom is 0.162 e. The smallest absolute Gasteiger partial charge is 0.162 e. The average molecular weight is 251 g/mol. The van der Waals surface area contributed by atoms with Crippen molar-refractivity contribution in [1.29, 1.82) is 0 Å². The van der Waals surface area contributed by atoms with E-state index in [1.165, 1.54) is 0 Å². The molecule has 102 valence electrons. The highest BCUT2D eigenvalue weighted by Gasteiger charge is 2.30. The zero-order chi connectivity index (χ0) is 14.0. The van der Waals surface area contributed by atoms with Crippen LogP contribution in [0.15, 0.2) is 6.07 Å². The third-order valence-electron chi connectivity index (χ3n) is 3.12. The molecule has 0 amide bonds. The molecule has 1 aromatic rings. The van der Waals surface area contributed by atoms with Crippen LogP contribution in [0.2, 0.25) is 0 Å². The molecule has 0 aromatic carbocycles. The molecular formula is C14H25N3O. The topological polar surface area (TPSA) is 61.0 Å². The lowest BCUT2D eigenvalue weighted by molar-refractivity contribution is -0.0391. The van der Waals surface area contributed by atoms with Crippen molar-refractivity contribution < 1.29 is 4.74 Å². The van der Waals surface area contributed by atoms with E-state index in [0.717, 1.165) is 12.1 Å². The van der Waals surface area contributed by atoms with Gasteiger partial charge < -0.3 is 10.5 Å². The van der Waals surface area contributed by atoms with Crippen LogP contribution < -0.4 is 5.73 Å².